The molecule has 0 saturated carbocycles. The van der Waals surface area contributed by atoms with Gasteiger partial charge in [0.1, 0.15) is 18.1 Å². The Kier molecular flexibility index (Phi) is 9.08. The maximum atomic E-state index is 9.09. The quantitative estimate of drug-likeness (QED) is 0.450. The van der Waals surface area contributed by atoms with Gasteiger partial charge in [-0.2, -0.15) is 0 Å². The molecule has 0 fully saturated rings. The van der Waals surface area contributed by atoms with Gasteiger partial charge in [-0.1, -0.05) is 63.3 Å². The average Bonchev–Trinajstić information content (AvgIpc) is 2.67. The molecular formula is C21H29BO4. The van der Waals surface area contributed by atoms with Gasteiger partial charge in [-0.05, 0) is 41.7 Å². The maximum absolute atomic E-state index is 9.09. The maximum Gasteiger partial charge on any atom is 0.488 e. The lowest BCUT2D eigenvalue weighted by molar-refractivity contribution is 0.297. The smallest absolute Gasteiger partial charge is 0.488 e. The first-order chi connectivity index (χ1) is 12.7. The van der Waals surface area contributed by atoms with Crippen LogP contribution in [0.2, 0.25) is 0 Å². The molecule has 0 heterocycles. The number of hydrogen-bond donors (Lipinski definition) is 2. The molecular weight excluding hydrogens is 327 g/mol. The Hall–Kier alpha value is -1.98. The second kappa shape index (κ2) is 11.6. The zero-order valence-corrected chi connectivity index (χ0v) is 15.6. The molecule has 0 aliphatic heterocycles. The van der Waals surface area contributed by atoms with E-state index < -0.39 is 7.12 Å². The van der Waals surface area contributed by atoms with Crippen LogP contribution in [0.25, 0.3) is 0 Å². The average molecular weight is 356 g/mol. The fourth-order valence-corrected chi connectivity index (χ4v) is 2.66. The Labute approximate surface area is 156 Å². The van der Waals surface area contributed by atoms with Crippen LogP contribution in [-0.4, -0.2) is 23.8 Å². The van der Waals surface area contributed by atoms with Gasteiger partial charge in [-0.15, -0.1) is 0 Å². The molecule has 0 saturated heterocycles. The van der Waals surface area contributed by atoms with Crippen molar-refractivity contribution in [1.82, 2.24) is 0 Å². The van der Waals surface area contributed by atoms with Crippen molar-refractivity contribution in [3.05, 3.63) is 54.1 Å². The molecule has 0 unspecified atom stereocenters. The molecule has 140 valence electrons. The lowest BCUT2D eigenvalue weighted by atomic mass is 9.80. The van der Waals surface area contributed by atoms with Crippen molar-refractivity contribution in [3.8, 4) is 11.5 Å². The molecule has 0 atom stereocenters. The molecule has 5 heteroatoms. The summed E-state index contributed by atoms with van der Waals surface area (Å²) in [6.45, 7) is 3.42. The first-order valence-corrected chi connectivity index (χ1v) is 9.49. The minimum atomic E-state index is -1.44. The van der Waals surface area contributed by atoms with Crippen LogP contribution in [0.5, 0.6) is 11.5 Å². The van der Waals surface area contributed by atoms with Crippen LogP contribution in [0.15, 0.2) is 48.5 Å². The summed E-state index contributed by atoms with van der Waals surface area (Å²) in [4.78, 5) is 0. The number of rotatable bonds is 12. The summed E-state index contributed by atoms with van der Waals surface area (Å²) in [7, 11) is -1.44. The summed E-state index contributed by atoms with van der Waals surface area (Å²) in [5.74, 6) is 1.65. The largest absolute Gasteiger partial charge is 0.494 e. The number of benzene rings is 2. The van der Waals surface area contributed by atoms with Crippen molar-refractivity contribution in [3.63, 3.8) is 0 Å². The summed E-state index contributed by atoms with van der Waals surface area (Å²) in [6.07, 6.45) is 7.56. The van der Waals surface area contributed by atoms with Gasteiger partial charge in [0.15, 0.2) is 0 Å². The zero-order chi connectivity index (χ0) is 18.6. The molecule has 0 aliphatic carbocycles. The van der Waals surface area contributed by atoms with Crippen molar-refractivity contribution < 1.29 is 19.5 Å². The third-order valence-electron chi connectivity index (χ3n) is 4.27. The lowest BCUT2D eigenvalue weighted by Gasteiger charge is -2.09. The summed E-state index contributed by atoms with van der Waals surface area (Å²) < 4.78 is 11.5. The van der Waals surface area contributed by atoms with E-state index in [1.807, 2.05) is 36.4 Å². The van der Waals surface area contributed by atoms with E-state index in [4.69, 9.17) is 19.5 Å². The standard InChI is InChI=1S/C21H29BO4/c1-2-3-4-5-6-7-16-25-20-12-14-21(15-13-20)26-17-18-8-10-19(11-9-18)22(23)24/h8-15,23-24H,2-7,16-17H2,1H3. The van der Waals surface area contributed by atoms with E-state index in [1.165, 1.54) is 32.1 Å². The van der Waals surface area contributed by atoms with Gasteiger partial charge >= 0.3 is 7.12 Å². The van der Waals surface area contributed by atoms with Crippen molar-refractivity contribution in [2.45, 2.75) is 52.1 Å². The molecule has 2 N–H and O–H groups in total. The molecule has 2 aromatic rings. The number of unbranched alkanes of at least 4 members (excludes halogenated alkanes) is 5. The third kappa shape index (κ3) is 7.50. The van der Waals surface area contributed by atoms with Crippen molar-refractivity contribution in [1.29, 1.82) is 0 Å². The van der Waals surface area contributed by atoms with Gasteiger partial charge < -0.3 is 19.5 Å². The van der Waals surface area contributed by atoms with Gasteiger partial charge in [0, 0.05) is 0 Å². The molecule has 26 heavy (non-hydrogen) atoms. The highest BCUT2D eigenvalue weighted by atomic mass is 16.5. The fraction of sp³-hybridized carbons (Fsp3) is 0.429. The predicted octanol–water partition coefficient (Wildman–Crippen LogP) is 3.68. The Morgan fingerprint density at radius 3 is 1.92 bits per heavy atom. The highest BCUT2D eigenvalue weighted by Crippen LogP contribution is 2.19. The SMILES string of the molecule is CCCCCCCCOc1ccc(OCc2ccc(B(O)O)cc2)cc1. The molecule has 0 radical (unpaired) electrons. The summed E-state index contributed by atoms with van der Waals surface area (Å²) >= 11 is 0. The second-order valence-corrected chi connectivity index (χ2v) is 6.49. The molecule has 0 aliphatic rings. The van der Waals surface area contributed by atoms with Crippen LogP contribution < -0.4 is 14.9 Å². The van der Waals surface area contributed by atoms with E-state index in [9.17, 15) is 0 Å². The molecule has 0 amide bonds. The molecule has 0 aromatic heterocycles. The fourth-order valence-electron chi connectivity index (χ4n) is 2.66. The van der Waals surface area contributed by atoms with Gasteiger partial charge in [-0.3, -0.25) is 0 Å². The van der Waals surface area contributed by atoms with Crippen LogP contribution in [0.3, 0.4) is 0 Å². The minimum absolute atomic E-state index is 0.430. The number of ether oxygens (including phenoxy) is 2. The molecule has 0 spiro atoms. The van der Waals surface area contributed by atoms with Crippen LogP contribution in [0, 0.1) is 0 Å². The highest BCUT2D eigenvalue weighted by molar-refractivity contribution is 6.58. The van der Waals surface area contributed by atoms with Gasteiger partial charge in [0.25, 0.3) is 0 Å². The third-order valence-corrected chi connectivity index (χ3v) is 4.27. The second-order valence-electron chi connectivity index (χ2n) is 6.49. The number of hydrogen-bond acceptors (Lipinski definition) is 4. The van der Waals surface area contributed by atoms with E-state index in [1.54, 1.807) is 12.1 Å². The molecule has 4 nitrogen and oxygen atoms in total. The topological polar surface area (TPSA) is 58.9 Å². The minimum Gasteiger partial charge on any atom is -0.494 e. The monoisotopic (exact) mass is 356 g/mol. The highest BCUT2D eigenvalue weighted by Gasteiger charge is 2.09. The summed E-state index contributed by atoms with van der Waals surface area (Å²) in [5, 5.41) is 18.2. The van der Waals surface area contributed by atoms with E-state index in [2.05, 4.69) is 6.92 Å². The first kappa shape index (κ1) is 20.3. The van der Waals surface area contributed by atoms with Gasteiger partial charge in [0.2, 0.25) is 0 Å². The Bertz CT molecular complexity index is 611. The lowest BCUT2D eigenvalue weighted by Crippen LogP contribution is -2.29. The molecule has 2 aromatic carbocycles. The van der Waals surface area contributed by atoms with Crippen LogP contribution in [0.1, 0.15) is 51.0 Å². The summed E-state index contributed by atoms with van der Waals surface area (Å²) in [5.41, 5.74) is 1.44. The van der Waals surface area contributed by atoms with E-state index in [0.29, 0.717) is 12.1 Å². The van der Waals surface area contributed by atoms with Crippen LogP contribution >= 0.6 is 0 Å². The Balaban J connectivity index is 1.67. The van der Waals surface area contributed by atoms with Crippen LogP contribution in [-0.2, 0) is 6.61 Å². The normalized spacial score (nSPS) is 10.6. The summed E-state index contributed by atoms with van der Waals surface area (Å²) in [6, 6.07) is 14.7. The zero-order valence-electron chi connectivity index (χ0n) is 15.6. The molecule has 0 bridgehead atoms. The van der Waals surface area contributed by atoms with E-state index >= 15 is 0 Å². The van der Waals surface area contributed by atoms with E-state index in [0.717, 1.165) is 30.1 Å². The van der Waals surface area contributed by atoms with Crippen LogP contribution in [0.4, 0.5) is 0 Å². The Morgan fingerprint density at radius 2 is 1.31 bits per heavy atom. The Morgan fingerprint density at radius 1 is 0.731 bits per heavy atom. The predicted molar refractivity (Wildman–Crippen MR) is 106 cm³/mol. The molecule has 2 rings (SSSR count). The van der Waals surface area contributed by atoms with Crippen molar-refractivity contribution in [2.24, 2.45) is 0 Å². The van der Waals surface area contributed by atoms with E-state index in [-0.39, 0.29) is 0 Å². The first-order valence-electron chi connectivity index (χ1n) is 9.49. The van der Waals surface area contributed by atoms with Crippen molar-refractivity contribution >= 4 is 12.6 Å². The van der Waals surface area contributed by atoms with Gasteiger partial charge in [-0.25, -0.2) is 0 Å². The van der Waals surface area contributed by atoms with Gasteiger partial charge in [0.05, 0.1) is 6.61 Å². The van der Waals surface area contributed by atoms with Crippen molar-refractivity contribution in [2.75, 3.05) is 6.61 Å².